The zero-order valence-corrected chi connectivity index (χ0v) is 11.4. The van der Waals surface area contributed by atoms with Crippen molar-refractivity contribution in [2.45, 2.75) is 11.8 Å². The fourth-order valence-corrected chi connectivity index (χ4v) is 2.91. The number of aliphatic hydroxyl groups is 2. The summed E-state index contributed by atoms with van der Waals surface area (Å²) in [4.78, 5) is 0. The van der Waals surface area contributed by atoms with Crippen molar-refractivity contribution in [2.24, 2.45) is 0 Å². The first kappa shape index (κ1) is 13.6. The van der Waals surface area contributed by atoms with Crippen LogP contribution in [-0.2, 0) is 11.8 Å². The average molecular weight is 283 g/mol. The summed E-state index contributed by atoms with van der Waals surface area (Å²) in [7, 11) is 0. The highest BCUT2D eigenvalue weighted by Gasteiger charge is 2.31. The second-order valence-electron chi connectivity index (χ2n) is 4.42. The molecule has 2 aromatic rings. The van der Waals surface area contributed by atoms with Gasteiger partial charge in [-0.05, 0) is 46.5 Å². The minimum Gasteiger partial charge on any atom is -0.395 e. The largest absolute Gasteiger partial charge is 0.395 e. The lowest BCUT2D eigenvalue weighted by molar-refractivity contribution is 0.116. The maximum Gasteiger partial charge on any atom is 0.0553 e. The highest BCUT2D eigenvalue weighted by atomic mass is 35.5. The summed E-state index contributed by atoms with van der Waals surface area (Å²) >= 11 is 7.60. The quantitative estimate of drug-likeness (QED) is 0.885. The van der Waals surface area contributed by atoms with Crippen LogP contribution in [0.25, 0.3) is 0 Å². The van der Waals surface area contributed by atoms with Gasteiger partial charge in [-0.2, -0.15) is 11.3 Å². The fraction of sp³-hybridized carbons (Fsp3) is 0.286. The molecule has 2 rings (SSSR count). The summed E-state index contributed by atoms with van der Waals surface area (Å²) in [6.45, 7) is -0.223. The van der Waals surface area contributed by atoms with Crippen LogP contribution in [0.15, 0.2) is 41.1 Å². The van der Waals surface area contributed by atoms with E-state index in [4.69, 9.17) is 11.6 Å². The average Bonchev–Trinajstić information content (AvgIpc) is 2.89. The maximum atomic E-state index is 9.72. The molecule has 2 N–H and O–H groups in total. The molecular formula is C14H15ClO2S. The molecule has 0 unspecified atom stereocenters. The minimum absolute atomic E-state index is 0.111. The normalized spacial score (nSPS) is 11.7. The van der Waals surface area contributed by atoms with Gasteiger partial charge >= 0.3 is 0 Å². The van der Waals surface area contributed by atoms with Crippen LogP contribution < -0.4 is 0 Å². The van der Waals surface area contributed by atoms with Crippen LogP contribution in [-0.4, -0.2) is 23.4 Å². The van der Waals surface area contributed by atoms with Gasteiger partial charge in [0, 0.05) is 10.4 Å². The summed E-state index contributed by atoms with van der Waals surface area (Å²) in [5.41, 5.74) is 1.31. The number of benzene rings is 1. The SMILES string of the molecule is OCC(CO)(Cc1ccsc1)c1cccc(Cl)c1. The molecule has 0 atom stereocenters. The first-order valence-electron chi connectivity index (χ1n) is 5.69. The lowest BCUT2D eigenvalue weighted by Crippen LogP contribution is -2.37. The van der Waals surface area contributed by atoms with E-state index in [1.807, 2.05) is 29.0 Å². The van der Waals surface area contributed by atoms with E-state index in [-0.39, 0.29) is 13.2 Å². The molecule has 0 aliphatic rings. The molecule has 1 aromatic heterocycles. The molecule has 0 saturated heterocycles. The van der Waals surface area contributed by atoms with Crippen LogP contribution in [0.5, 0.6) is 0 Å². The summed E-state index contributed by atoms with van der Waals surface area (Å²) in [5.74, 6) is 0. The third-order valence-corrected chi connectivity index (χ3v) is 4.13. The Kier molecular flexibility index (Phi) is 4.40. The summed E-state index contributed by atoms with van der Waals surface area (Å²) in [6, 6.07) is 9.33. The second-order valence-corrected chi connectivity index (χ2v) is 5.63. The van der Waals surface area contributed by atoms with Crippen molar-refractivity contribution in [3.63, 3.8) is 0 Å². The van der Waals surface area contributed by atoms with Crippen LogP contribution in [0.4, 0.5) is 0 Å². The Bertz CT molecular complexity index is 492. The smallest absolute Gasteiger partial charge is 0.0553 e. The van der Waals surface area contributed by atoms with E-state index >= 15 is 0 Å². The van der Waals surface area contributed by atoms with Crippen LogP contribution >= 0.6 is 22.9 Å². The Morgan fingerprint density at radius 1 is 1.17 bits per heavy atom. The Hall–Kier alpha value is -0.870. The molecule has 0 fully saturated rings. The lowest BCUT2D eigenvalue weighted by atomic mass is 9.77. The van der Waals surface area contributed by atoms with Gasteiger partial charge in [0.05, 0.1) is 13.2 Å². The Balaban J connectivity index is 2.37. The highest BCUT2D eigenvalue weighted by Crippen LogP contribution is 2.30. The van der Waals surface area contributed by atoms with Gasteiger partial charge in [-0.25, -0.2) is 0 Å². The van der Waals surface area contributed by atoms with E-state index in [0.717, 1.165) is 11.1 Å². The van der Waals surface area contributed by atoms with Crippen molar-refractivity contribution in [2.75, 3.05) is 13.2 Å². The zero-order chi connectivity index (χ0) is 13.0. The van der Waals surface area contributed by atoms with Gasteiger partial charge in [0.1, 0.15) is 0 Å². The first-order valence-corrected chi connectivity index (χ1v) is 7.01. The van der Waals surface area contributed by atoms with Crippen molar-refractivity contribution in [3.8, 4) is 0 Å². The Labute approximate surface area is 115 Å². The fourth-order valence-electron chi connectivity index (χ4n) is 2.05. The molecule has 18 heavy (non-hydrogen) atoms. The topological polar surface area (TPSA) is 40.5 Å². The minimum atomic E-state index is -0.675. The number of rotatable bonds is 5. The molecule has 4 heteroatoms. The summed E-state index contributed by atoms with van der Waals surface area (Å²) < 4.78 is 0. The molecule has 0 aliphatic carbocycles. The van der Waals surface area contributed by atoms with E-state index in [0.29, 0.717) is 11.4 Å². The molecule has 0 amide bonds. The molecular weight excluding hydrogens is 268 g/mol. The van der Waals surface area contributed by atoms with Crippen molar-refractivity contribution in [1.82, 2.24) is 0 Å². The van der Waals surface area contributed by atoms with Gasteiger partial charge < -0.3 is 10.2 Å². The van der Waals surface area contributed by atoms with E-state index in [9.17, 15) is 10.2 Å². The number of hydrogen-bond acceptors (Lipinski definition) is 3. The Morgan fingerprint density at radius 3 is 2.50 bits per heavy atom. The van der Waals surface area contributed by atoms with Crippen LogP contribution in [0.1, 0.15) is 11.1 Å². The predicted octanol–water partition coefficient (Wildman–Crippen LogP) is 2.87. The third kappa shape index (κ3) is 2.75. The first-order chi connectivity index (χ1) is 8.70. The summed E-state index contributed by atoms with van der Waals surface area (Å²) in [5, 5.41) is 24.1. The molecule has 0 radical (unpaired) electrons. The molecule has 96 valence electrons. The second kappa shape index (κ2) is 5.85. The van der Waals surface area contributed by atoms with Gasteiger partial charge in [-0.15, -0.1) is 0 Å². The van der Waals surface area contributed by atoms with Crippen LogP contribution in [0.3, 0.4) is 0 Å². The molecule has 0 saturated carbocycles. The number of thiophene rings is 1. The molecule has 1 aromatic carbocycles. The molecule has 0 bridgehead atoms. The molecule has 0 aliphatic heterocycles. The van der Waals surface area contributed by atoms with Crippen molar-refractivity contribution in [3.05, 3.63) is 57.2 Å². The van der Waals surface area contributed by atoms with Crippen LogP contribution in [0.2, 0.25) is 5.02 Å². The number of aliphatic hydroxyl groups excluding tert-OH is 2. The standard InChI is InChI=1S/C14H15ClO2S/c15-13-3-1-2-12(6-13)14(9-16,10-17)7-11-4-5-18-8-11/h1-6,8,16-17H,7,9-10H2. The molecule has 0 spiro atoms. The predicted molar refractivity (Wildman–Crippen MR) is 75.3 cm³/mol. The Morgan fingerprint density at radius 2 is 1.94 bits per heavy atom. The van der Waals surface area contributed by atoms with Gasteiger partial charge in [0.25, 0.3) is 0 Å². The summed E-state index contributed by atoms with van der Waals surface area (Å²) in [6.07, 6.45) is 0.601. The van der Waals surface area contributed by atoms with Crippen molar-refractivity contribution in [1.29, 1.82) is 0 Å². The van der Waals surface area contributed by atoms with Gasteiger partial charge in [0.15, 0.2) is 0 Å². The zero-order valence-electron chi connectivity index (χ0n) is 9.84. The highest BCUT2D eigenvalue weighted by molar-refractivity contribution is 7.07. The van der Waals surface area contributed by atoms with E-state index in [2.05, 4.69) is 0 Å². The van der Waals surface area contributed by atoms with Crippen molar-refractivity contribution >= 4 is 22.9 Å². The van der Waals surface area contributed by atoms with E-state index in [1.165, 1.54) is 0 Å². The number of halogens is 1. The van der Waals surface area contributed by atoms with E-state index < -0.39 is 5.41 Å². The van der Waals surface area contributed by atoms with E-state index in [1.54, 1.807) is 23.5 Å². The third-order valence-electron chi connectivity index (χ3n) is 3.16. The molecule has 1 heterocycles. The molecule has 2 nitrogen and oxygen atoms in total. The van der Waals surface area contributed by atoms with Gasteiger partial charge in [-0.1, -0.05) is 23.7 Å². The number of hydrogen-bond donors (Lipinski definition) is 2. The van der Waals surface area contributed by atoms with Gasteiger partial charge in [-0.3, -0.25) is 0 Å². The van der Waals surface area contributed by atoms with Crippen molar-refractivity contribution < 1.29 is 10.2 Å². The van der Waals surface area contributed by atoms with Crippen LogP contribution in [0, 0.1) is 0 Å². The lowest BCUT2D eigenvalue weighted by Gasteiger charge is -2.30. The van der Waals surface area contributed by atoms with Gasteiger partial charge in [0.2, 0.25) is 0 Å². The monoisotopic (exact) mass is 282 g/mol. The maximum absolute atomic E-state index is 9.72.